The van der Waals surface area contributed by atoms with E-state index >= 15 is 0 Å². The number of anilines is 1. The first-order valence-corrected chi connectivity index (χ1v) is 7.78. The predicted octanol–water partition coefficient (Wildman–Crippen LogP) is 2.14. The Hall–Kier alpha value is -1.07. The Morgan fingerprint density at radius 1 is 1.39 bits per heavy atom. The van der Waals surface area contributed by atoms with Crippen LogP contribution in [-0.2, 0) is 10.0 Å². The number of benzene rings is 1. The second kappa shape index (κ2) is 4.90. The van der Waals surface area contributed by atoms with E-state index in [9.17, 15) is 8.42 Å². The summed E-state index contributed by atoms with van der Waals surface area (Å²) in [5, 5.41) is 0. The Kier molecular flexibility index (Phi) is 3.64. The molecule has 0 saturated heterocycles. The third kappa shape index (κ3) is 2.52. The van der Waals surface area contributed by atoms with Gasteiger partial charge < -0.3 is 5.73 Å². The zero-order valence-electron chi connectivity index (χ0n) is 10.9. The van der Waals surface area contributed by atoms with Crippen LogP contribution in [-0.4, -0.2) is 25.3 Å². The summed E-state index contributed by atoms with van der Waals surface area (Å²) in [6.07, 6.45) is 2.75. The number of sulfonamides is 1. The molecule has 4 nitrogen and oxygen atoms in total. The summed E-state index contributed by atoms with van der Waals surface area (Å²) < 4.78 is 26.8. The lowest BCUT2D eigenvalue weighted by Crippen LogP contribution is -2.34. The van der Waals surface area contributed by atoms with Crippen LogP contribution in [0.3, 0.4) is 0 Å². The Balaban J connectivity index is 2.39. The maximum absolute atomic E-state index is 12.6. The van der Waals surface area contributed by atoms with Crippen molar-refractivity contribution in [3.05, 3.63) is 23.8 Å². The highest BCUT2D eigenvalue weighted by Gasteiger charge is 2.38. The minimum absolute atomic E-state index is 0.177. The van der Waals surface area contributed by atoms with E-state index in [2.05, 4.69) is 0 Å². The van der Waals surface area contributed by atoms with E-state index in [1.54, 1.807) is 22.5 Å². The number of aryl methyl sites for hydroxylation is 1. The molecule has 1 aliphatic carbocycles. The molecule has 1 aromatic rings. The fourth-order valence-corrected chi connectivity index (χ4v) is 3.99. The van der Waals surface area contributed by atoms with Crippen LogP contribution in [0, 0.1) is 6.92 Å². The largest absolute Gasteiger partial charge is 0.398 e. The van der Waals surface area contributed by atoms with Crippen molar-refractivity contribution >= 4 is 15.7 Å². The minimum atomic E-state index is -3.44. The van der Waals surface area contributed by atoms with Crippen molar-refractivity contribution in [2.45, 2.75) is 44.0 Å². The molecule has 1 aliphatic rings. The molecule has 0 atom stereocenters. The number of nitrogen functional groups attached to an aromatic ring is 1. The quantitative estimate of drug-likeness (QED) is 0.832. The van der Waals surface area contributed by atoms with Gasteiger partial charge in [-0.15, -0.1) is 0 Å². The Labute approximate surface area is 109 Å². The molecule has 100 valence electrons. The van der Waals surface area contributed by atoms with Crippen molar-refractivity contribution in [3.8, 4) is 0 Å². The van der Waals surface area contributed by atoms with Crippen LogP contribution >= 0.6 is 0 Å². The van der Waals surface area contributed by atoms with Crippen molar-refractivity contribution < 1.29 is 8.42 Å². The monoisotopic (exact) mass is 268 g/mol. The predicted molar refractivity (Wildman–Crippen MR) is 72.8 cm³/mol. The normalized spacial score (nSPS) is 16.2. The molecule has 0 amide bonds. The highest BCUT2D eigenvalue weighted by Crippen LogP contribution is 2.33. The zero-order chi connectivity index (χ0) is 13.3. The van der Waals surface area contributed by atoms with E-state index in [4.69, 9.17) is 5.73 Å². The summed E-state index contributed by atoms with van der Waals surface area (Å²) in [6.45, 7) is 4.46. The first-order chi connectivity index (χ1) is 8.46. The molecular weight excluding hydrogens is 248 g/mol. The fraction of sp³-hybridized carbons (Fsp3) is 0.538. The van der Waals surface area contributed by atoms with Gasteiger partial charge in [0, 0.05) is 12.6 Å². The molecule has 0 spiro atoms. The number of rotatable bonds is 5. The van der Waals surface area contributed by atoms with E-state index in [-0.39, 0.29) is 10.9 Å². The highest BCUT2D eigenvalue weighted by molar-refractivity contribution is 7.89. The Morgan fingerprint density at radius 3 is 2.56 bits per heavy atom. The second-order valence-corrected chi connectivity index (χ2v) is 6.75. The van der Waals surface area contributed by atoms with Gasteiger partial charge in [0.1, 0.15) is 4.90 Å². The van der Waals surface area contributed by atoms with Crippen molar-refractivity contribution in [1.82, 2.24) is 4.31 Å². The molecule has 5 heteroatoms. The zero-order valence-corrected chi connectivity index (χ0v) is 11.7. The lowest BCUT2D eigenvalue weighted by Gasteiger charge is -2.22. The first kappa shape index (κ1) is 13.4. The summed E-state index contributed by atoms with van der Waals surface area (Å²) in [5.74, 6) is 0. The average molecular weight is 268 g/mol. The van der Waals surface area contributed by atoms with Crippen LogP contribution in [0.5, 0.6) is 0 Å². The van der Waals surface area contributed by atoms with Gasteiger partial charge in [-0.05, 0) is 43.9 Å². The van der Waals surface area contributed by atoms with Gasteiger partial charge in [0.25, 0.3) is 0 Å². The molecule has 18 heavy (non-hydrogen) atoms. The molecule has 0 unspecified atom stereocenters. The minimum Gasteiger partial charge on any atom is -0.398 e. The first-order valence-electron chi connectivity index (χ1n) is 6.34. The van der Waals surface area contributed by atoms with Crippen molar-refractivity contribution in [3.63, 3.8) is 0 Å². The third-order valence-corrected chi connectivity index (χ3v) is 5.18. The van der Waals surface area contributed by atoms with Crippen LogP contribution in [0.4, 0.5) is 5.69 Å². The summed E-state index contributed by atoms with van der Waals surface area (Å²) in [4.78, 5) is 0.244. The van der Waals surface area contributed by atoms with Gasteiger partial charge in [0.05, 0.1) is 5.69 Å². The summed E-state index contributed by atoms with van der Waals surface area (Å²) in [6, 6.07) is 5.30. The van der Waals surface area contributed by atoms with E-state index < -0.39 is 10.0 Å². The maximum Gasteiger partial charge on any atom is 0.245 e. The van der Waals surface area contributed by atoms with Crippen LogP contribution < -0.4 is 5.73 Å². The molecular formula is C13H20N2O2S. The van der Waals surface area contributed by atoms with Gasteiger partial charge in [-0.1, -0.05) is 13.0 Å². The van der Waals surface area contributed by atoms with Crippen LogP contribution in [0.2, 0.25) is 0 Å². The van der Waals surface area contributed by atoms with E-state index in [0.717, 1.165) is 24.8 Å². The van der Waals surface area contributed by atoms with Crippen molar-refractivity contribution in [2.24, 2.45) is 0 Å². The highest BCUT2D eigenvalue weighted by atomic mass is 32.2. The van der Waals surface area contributed by atoms with Gasteiger partial charge in [0.15, 0.2) is 0 Å². The lowest BCUT2D eigenvalue weighted by molar-refractivity contribution is 0.403. The number of nitrogens with zero attached hydrogens (tertiary/aromatic N) is 1. The molecule has 1 fully saturated rings. The Morgan fingerprint density at radius 2 is 2.06 bits per heavy atom. The molecule has 0 bridgehead atoms. The summed E-state index contributed by atoms with van der Waals surface area (Å²) in [5.41, 5.74) is 7.17. The average Bonchev–Trinajstić information content (AvgIpc) is 3.08. The standard InChI is InChI=1S/C13H20N2O2S/c1-3-8-15(11-5-6-11)18(16,17)13-7-4-10(2)9-12(13)14/h4,7,9,11H,3,5-6,8,14H2,1-2H3. The van der Waals surface area contributed by atoms with E-state index in [1.807, 2.05) is 13.8 Å². The maximum atomic E-state index is 12.6. The van der Waals surface area contributed by atoms with E-state index in [1.165, 1.54) is 0 Å². The second-order valence-electron chi connectivity index (χ2n) is 4.89. The molecule has 2 rings (SSSR count). The molecule has 0 aromatic heterocycles. The molecule has 0 heterocycles. The number of hydrogen-bond acceptors (Lipinski definition) is 3. The van der Waals surface area contributed by atoms with E-state index in [0.29, 0.717) is 12.2 Å². The molecule has 1 saturated carbocycles. The van der Waals surface area contributed by atoms with Gasteiger partial charge in [-0.2, -0.15) is 4.31 Å². The van der Waals surface area contributed by atoms with Crippen molar-refractivity contribution in [1.29, 1.82) is 0 Å². The van der Waals surface area contributed by atoms with Crippen molar-refractivity contribution in [2.75, 3.05) is 12.3 Å². The third-order valence-electron chi connectivity index (χ3n) is 3.15. The molecule has 1 aromatic carbocycles. The molecule has 0 aliphatic heterocycles. The van der Waals surface area contributed by atoms with Gasteiger partial charge >= 0.3 is 0 Å². The van der Waals surface area contributed by atoms with Crippen LogP contribution in [0.1, 0.15) is 31.7 Å². The topological polar surface area (TPSA) is 63.4 Å². The van der Waals surface area contributed by atoms with Crippen LogP contribution in [0.25, 0.3) is 0 Å². The smallest absolute Gasteiger partial charge is 0.245 e. The van der Waals surface area contributed by atoms with Crippen LogP contribution in [0.15, 0.2) is 23.1 Å². The molecule has 2 N–H and O–H groups in total. The molecule has 0 radical (unpaired) electrons. The Bertz CT molecular complexity index is 536. The van der Waals surface area contributed by atoms with Gasteiger partial charge in [0.2, 0.25) is 10.0 Å². The number of nitrogens with two attached hydrogens (primary N) is 1. The fourth-order valence-electron chi connectivity index (χ4n) is 2.11. The van der Waals surface area contributed by atoms with Gasteiger partial charge in [-0.3, -0.25) is 0 Å². The van der Waals surface area contributed by atoms with Gasteiger partial charge in [-0.25, -0.2) is 8.42 Å². The summed E-state index contributed by atoms with van der Waals surface area (Å²) >= 11 is 0. The summed E-state index contributed by atoms with van der Waals surface area (Å²) in [7, 11) is -3.44. The number of hydrogen-bond donors (Lipinski definition) is 1. The lowest BCUT2D eigenvalue weighted by atomic mass is 10.2. The SMILES string of the molecule is CCCN(C1CC1)S(=O)(=O)c1ccc(C)cc1N.